The van der Waals surface area contributed by atoms with Gasteiger partial charge in [-0.3, -0.25) is 4.98 Å². The molecule has 124 valence electrons. The third kappa shape index (κ3) is 2.90. The molecule has 4 heterocycles. The molecule has 1 saturated heterocycles. The minimum absolute atomic E-state index is 0.313. The van der Waals surface area contributed by atoms with Crippen LogP contribution in [0.3, 0.4) is 0 Å². The number of aromatic nitrogens is 4. The summed E-state index contributed by atoms with van der Waals surface area (Å²) >= 11 is 1.47. The van der Waals surface area contributed by atoms with Gasteiger partial charge in [-0.1, -0.05) is 0 Å². The van der Waals surface area contributed by atoms with E-state index < -0.39 is 0 Å². The number of nitrogens with zero attached hydrogens (tertiary/aromatic N) is 6. The molecule has 3 aromatic heterocycles. The molecule has 2 N–H and O–H groups in total. The van der Waals surface area contributed by atoms with Crippen molar-refractivity contribution in [3.63, 3.8) is 0 Å². The Morgan fingerprint density at radius 2 is 2.00 bits per heavy atom. The van der Waals surface area contributed by atoms with E-state index >= 15 is 0 Å². The van der Waals surface area contributed by atoms with Crippen molar-refractivity contribution in [2.75, 3.05) is 23.7 Å². The molecule has 0 bridgehead atoms. The van der Waals surface area contributed by atoms with Gasteiger partial charge in [-0.05, 0) is 18.9 Å². The summed E-state index contributed by atoms with van der Waals surface area (Å²) in [6.07, 6.45) is 7.38. The maximum atomic E-state index is 9.52. The molecule has 1 fully saturated rings. The lowest BCUT2D eigenvalue weighted by Crippen LogP contribution is -2.19. The molecule has 0 spiro atoms. The van der Waals surface area contributed by atoms with Crippen LogP contribution in [0.1, 0.15) is 18.4 Å². The van der Waals surface area contributed by atoms with Gasteiger partial charge in [0.2, 0.25) is 0 Å². The minimum Gasteiger partial charge on any atom is -0.398 e. The Bertz CT molecular complexity index is 940. The lowest BCUT2D eigenvalue weighted by Gasteiger charge is -2.16. The first-order valence-corrected chi connectivity index (χ1v) is 8.82. The first-order valence-electron chi connectivity index (χ1n) is 7.94. The fourth-order valence-electron chi connectivity index (χ4n) is 2.90. The van der Waals surface area contributed by atoms with E-state index in [0.717, 1.165) is 36.8 Å². The third-order valence-corrected chi connectivity index (χ3v) is 4.90. The number of nitrogens with two attached hydrogens (primary N) is 1. The molecular weight excluding hydrogens is 334 g/mol. The highest BCUT2D eigenvalue weighted by Crippen LogP contribution is 2.30. The quantitative estimate of drug-likeness (QED) is 0.775. The SMILES string of the molecule is N#Cc1c(N)cc(-c2nccs2)nc1-c1cncc(N2CCCC2)n1. The normalized spacial score (nSPS) is 13.8. The van der Waals surface area contributed by atoms with Gasteiger partial charge >= 0.3 is 0 Å². The first kappa shape index (κ1) is 15.5. The van der Waals surface area contributed by atoms with E-state index in [1.54, 1.807) is 24.7 Å². The molecule has 0 radical (unpaired) electrons. The predicted octanol–water partition coefficient (Wildman–Crippen LogP) is 2.72. The van der Waals surface area contributed by atoms with Crippen LogP contribution >= 0.6 is 11.3 Å². The van der Waals surface area contributed by atoms with Gasteiger partial charge in [-0.2, -0.15) is 5.26 Å². The van der Waals surface area contributed by atoms with E-state index in [2.05, 4.69) is 30.9 Å². The summed E-state index contributed by atoms with van der Waals surface area (Å²) < 4.78 is 0. The van der Waals surface area contributed by atoms with Gasteiger partial charge in [0, 0.05) is 24.7 Å². The van der Waals surface area contributed by atoms with Crippen LogP contribution in [0.15, 0.2) is 30.0 Å². The highest BCUT2D eigenvalue weighted by molar-refractivity contribution is 7.13. The average molecular weight is 349 g/mol. The van der Waals surface area contributed by atoms with E-state index in [9.17, 15) is 5.26 Å². The Balaban J connectivity index is 1.84. The van der Waals surface area contributed by atoms with Crippen LogP contribution in [0.4, 0.5) is 11.5 Å². The number of anilines is 2. The number of rotatable bonds is 3. The predicted molar refractivity (Wildman–Crippen MR) is 96.9 cm³/mol. The topological polar surface area (TPSA) is 105 Å². The van der Waals surface area contributed by atoms with Crippen LogP contribution in [0.5, 0.6) is 0 Å². The highest BCUT2D eigenvalue weighted by Gasteiger charge is 2.19. The summed E-state index contributed by atoms with van der Waals surface area (Å²) in [5.41, 5.74) is 8.40. The van der Waals surface area contributed by atoms with Gasteiger partial charge in [0.1, 0.15) is 39.5 Å². The van der Waals surface area contributed by atoms with E-state index in [-0.39, 0.29) is 0 Å². The van der Waals surface area contributed by atoms with Crippen molar-refractivity contribution in [3.05, 3.63) is 35.6 Å². The third-order valence-electron chi connectivity index (χ3n) is 4.11. The zero-order chi connectivity index (χ0) is 17.2. The molecule has 8 heteroatoms. The Labute approximate surface area is 148 Å². The maximum Gasteiger partial charge on any atom is 0.147 e. The lowest BCUT2D eigenvalue weighted by molar-refractivity contribution is 0.927. The number of nitriles is 1. The molecule has 0 aliphatic carbocycles. The van der Waals surface area contributed by atoms with E-state index in [4.69, 9.17) is 5.73 Å². The lowest BCUT2D eigenvalue weighted by atomic mass is 10.1. The van der Waals surface area contributed by atoms with Gasteiger partial charge in [0.15, 0.2) is 0 Å². The second kappa shape index (κ2) is 6.45. The van der Waals surface area contributed by atoms with Crippen molar-refractivity contribution in [2.24, 2.45) is 0 Å². The minimum atomic E-state index is 0.313. The molecule has 3 aromatic rings. The summed E-state index contributed by atoms with van der Waals surface area (Å²) in [6.45, 7) is 1.94. The molecule has 7 nitrogen and oxygen atoms in total. The Morgan fingerprint density at radius 1 is 1.16 bits per heavy atom. The number of pyridine rings is 1. The molecule has 0 atom stereocenters. The maximum absolute atomic E-state index is 9.52. The number of nitrogen functional groups attached to an aromatic ring is 1. The molecule has 1 aliphatic heterocycles. The largest absolute Gasteiger partial charge is 0.398 e. The average Bonchev–Trinajstić information content (AvgIpc) is 3.35. The molecule has 4 rings (SSSR count). The second-order valence-corrected chi connectivity index (χ2v) is 6.62. The van der Waals surface area contributed by atoms with Crippen molar-refractivity contribution in [3.8, 4) is 28.2 Å². The molecule has 0 unspecified atom stereocenters. The van der Waals surface area contributed by atoms with Crippen LogP contribution in [0.2, 0.25) is 0 Å². The zero-order valence-electron chi connectivity index (χ0n) is 13.4. The zero-order valence-corrected chi connectivity index (χ0v) is 14.2. The van der Waals surface area contributed by atoms with Gasteiger partial charge in [0.05, 0.1) is 18.1 Å². The number of hydrogen-bond acceptors (Lipinski definition) is 8. The summed E-state index contributed by atoms with van der Waals surface area (Å²) in [7, 11) is 0. The van der Waals surface area contributed by atoms with Gasteiger partial charge in [-0.25, -0.2) is 15.0 Å². The van der Waals surface area contributed by atoms with Crippen LogP contribution in [-0.2, 0) is 0 Å². The van der Waals surface area contributed by atoms with Crippen LogP contribution in [-0.4, -0.2) is 33.0 Å². The van der Waals surface area contributed by atoms with Gasteiger partial charge in [0.25, 0.3) is 0 Å². The van der Waals surface area contributed by atoms with Crippen LogP contribution in [0.25, 0.3) is 22.1 Å². The summed E-state index contributed by atoms with van der Waals surface area (Å²) in [5, 5.41) is 12.1. The molecule has 0 amide bonds. The van der Waals surface area contributed by atoms with E-state index in [1.165, 1.54) is 11.3 Å². The van der Waals surface area contributed by atoms with Gasteiger partial charge < -0.3 is 10.6 Å². The molecule has 0 aromatic carbocycles. The van der Waals surface area contributed by atoms with E-state index in [1.807, 2.05) is 5.38 Å². The first-order chi connectivity index (χ1) is 12.3. The molecule has 25 heavy (non-hydrogen) atoms. The monoisotopic (exact) mass is 349 g/mol. The smallest absolute Gasteiger partial charge is 0.147 e. The van der Waals surface area contributed by atoms with Crippen molar-refractivity contribution in [1.29, 1.82) is 5.26 Å². The number of thiazole rings is 1. The summed E-state index contributed by atoms with van der Waals surface area (Å²) in [5.74, 6) is 0.805. The fraction of sp³-hybridized carbons (Fsp3) is 0.235. The van der Waals surface area contributed by atoms with Crippen molar-refractivity contribution in [1.82, 2.24) is 19.9 Å². The standard InChI is InChI=1S/C17H15N7S/c18-8-11-12(19)7-13(17-21-3-6-25-17)23-16(11)14-9-20-10-15(22-14)24-4-1-2-5-24/h3,6-7,9-10H,1-2,4-5H2,(H2,19,23). The molecular formula is C17H15N7S. The van der Waals surface area contributed by atoms with Crippen LogP contribution < -0.4 is 10.6 Å². The van der Waals surface area contributed by atoms with Crippen molar-refractivity contribution in [2.45, 2.75) is 12.8 Å². The fourth-order valence-corrected chi connectivity index (χ4v) is 3.49. The summed E-state index contributed by atoms with van der Waals surface area (Å²) in [6, 6.07) is 3.82. The highest BCUT2D eigenvalue weighted by atomic mass is 32.1. The Hall–Kier alpha value is -3.05. The number of hydrogen-bond donors (Lipinski definition) is 1. The Morgan fingerprint density at radius 3 is 2.72 bits per heavy atom. The van der Waals surface area contributed by atoms with Crippen molar-refractivity contribution >= 4 is 22.8 Å². The van der Waals surface area contributed by atoms with Gasteiger partial charge in [-0.15, -0.1) is 11.3 Å². The Kier molecular flexibility index (Phi) is 3.99. The molecule has 1 aliphatic rings. The van der Waals surface area contributed by atoms with E-state index in [0.29, 0.717) is 28.3 Å². The van der Waals surface area contributed by atoms with Crippen molar-refractivity contribution < 1.29 is 0 Å². The summed E-state index contributed by atoms with van der Waals surface area (Å²) in [4.78, 5) is 20.0. The van der Waals surface area contributed by atoms with Crippen LogP contribution in [0, 0.1) is 11.3 Å². The molecule has 0 saturated carbocycles. The second-order valence-electron chi connectivity index (χ2n) is 5.73.